The van der Waals surface area contributed by atoms with Gasteiger partial charge in [-0.25, -0.2) is 0 Å². The van der Waals surface area contributed by atoms with Crippen molar-refractivity contribution in [1.82, 2.24) is 4.57 Å². The molecule has 0 spiro atoms. The Bertz CT molecular complexity index is 561. The summed E-state index contributed by atoms with van der Waals surface area (Å²) in [5, 5.41) is 0. The van der Waals surface area contributed by atoms with Crippen LogP contribution >= 0.6 is 15.9 Å². The van der Waals surface area contributed by atoms with E-state index in [0.717, 1.165) is 30.2 Å². The molecule has 1 aliphatic carbocycles. The van der Waals surface area contributed by atoms with E-state index in [2.05, 4.69) is 15.9 Å². The van der Waals surface area contributed by atoms with Crippen LogP contribution in [-0.4, -0.2) is 23.2 Å². The maximum absolute atomic E-state index is 11.7. The number of aryl methyl sites for hydroxylation is 1. The minimum absolute atomic E-state index is 0.0168. The molecule has 5 nitrogen and oxygen atoms in total. The molecule has 0 aromatic carbocycles. The fourth-order valence-corrected chi connectivity index (χ4v) is 3.04. The van der Waals surface area contributed by atoms with Gasteiger partial charge in [0.05, 0.1) is 23.1 Å². The number of nitrogens with zero attached hydrogens (tertiary/aromatic N) is 1. The SMILES string of the molecule is CCOC(=O)[C@H]1CC[C@@H](Oc2cc(=O)n(C)cc2Br)CC1. The molecule has 6 heteroatoms. The molecule has 116 valence electrons. The highest BCUT2D eigenvalue weighted by molar-refractivity contribution is 9.10. The molecule has 0 radical (unpaired) electrons. The molecule has 21 heavy (non-hydrogen) atoms. The maximum atomic E-state index is 11.7. The first-order valence-corrected chi connectivity index (χ1v) is 8.00. The highest BCUT2D eigenvalue weighted by atomic mass is 79.9. The lowest BCUT2D eigenvalue weighted by molar-refractivity contribution is -0.149. The lowest BCUT2D eigenvalue weighted by atomic mass is 9.87. The summed E-state index contributed by atoms with van der Waals surface area (Å²) in [5.41, 5.74) is -0.103. The number of carbonyl (C=O) groups is 1. The Kier molecular flexibility index (Phi) is 5.45. The van der Waals surface area contributed by atoms with Crippen molar-refractivity contribution < 1.29 is 14.3 Å². The zero-order valence-electron chi connectivity index (χ0n) is 12.3. The zero-order chi connectivity index (χ0) is 15.4. The van der Waals surface area contributed by atoms with Crippen molar-refractivity contribution in [2.24, 2.45) is 13.0 Å². The monoisotopic (exact) mass is 357 g/mol. The summed E-state index contributed by atoms with van der Waals surface area (Å²) in [5.74, 6) is 0.445. The van der Waals surface area contributed by atoms with Crippen molar-refractivity contribution in [3.05, 3.63) is 27.1 Å². The van der Waals surface area contributed by atoms with Crippen LogP contribution in [0.5, 0.6) is 5.75 Å². The van der Waals surface area contributed by atoms with Crippen LogP contribution < -0.4 is 10.3 Å². The minimum Gasteiger partial charge on any atom is -0.489 e. The van der Waals surface area contributed by atoms with Crippen LogP contribution in [0.1, 0.15) is 32.6 Å². The number of hydrogen-bond donors (Lipinski definition) is 0. The average molecular weight is 358 g/mol. The number of rotatable bonds is 4. The highest BCUT2D eigenvalue weighted by Gasteiger charge is 2.28. The van der Waals surface area contributed by atoms with E-state index in [1.807, 2.05) is 6.92 Å². The molecule has 0 aliphatic heterocycles. The third kappa shape index (κ3) is 4.09. The lowest BCUT2D eigenvalue weighted by Crippen LogP contribution is -2.29. The molecule has 0 saturated heterocycles. The van der Waals surface area contributed by atoms with E-state index >= 15 is 0 Å². The topological polar surface area (TPSA) is 57.5 Å². The lowest BCUT2D eigenvalue weighted by Gasteiger charge is -2.28. The van der Waals surface area contributed by atoms with Crippen molar-refractivity contribution >= 4 is 21.9 Å². The molecular weight excluding hydrogens is 338 g/mol. The molecule has 2 rings (SSSR count). The molecule has 1 saturated carbocycles. The molecule has 0 N–H and O–H groups in total. The van der Waals surface area contributed by atoms with Gasteiger partial charge in [-0.3, -0.25) is 9.59 Å². The number of hydrogen-bond acceptors (Lipinski definition) is 4. The number of ether oxygens (including phenoxy) is 2. The molecule has 0 unspecified atom stereocenters. The van der Waals surface area contributed by atoms with E-state index in [1.165, 1.54) is 10.6 Å². The van der Waals surface area contributed by atoms with E-state index < -0.39 is 0 Å². The summed E-state index contributed by atoms with van der Waals surface area (Å²) in [7, 11) is 1.70. The van der Waals surface area contributed by atoms with Gasteiger partial charge >= 0.3 is 5.97 Å². The van der Waals surface area contributed by atoms with E-state index in [1.54, 1.807) is 13.2 Å². The first-order chi connectivity index (χ1) is 10.0. The summed E-state index contributed by atoms with van der Waals surface area (Å²) in [4.78, 5) is 23.3. The predicted molar refractivity (Wildman–Crippen MR) is 82.4 cm³/mol. The molecule has 1 heterocycles. The van der Waals surface area contributed by atoms with Gasteiger partial charge in [0.1, 0.15) is 5.75 Å². The van der Waals surface area contributed by atoms with Crippen molar-refractivity contribution in [1.29, 1.82) is 0 Å². The summed E-state index contributed by atoms with van der Waals surface area (Å²) >= 11 is 3.40. The minimum atomic E-state index is -0.106. The van der Waals surface area contributed by atoms with Gasteiger partial charge in [0.2, 0.25) is 0 Å². The smallest absolute Gasteiger partial charge is 0.308 e. The van der Waals surface area contributed by atoms with E-state index in [-0.39, 0.29) is 23.6 Å². The van der Waals surface area contributed by atoms with Crippen LogP contribution in [-0.2, 0) is 16.6 Å². The molecule has 0 amide bonds. The number of halogens is 1. The van der Waals surface area contributed by atoms with Crippen LogP contribution in [0.4, 0.5) is 0 Å². The van der Waals surface area contributed by atoms with Crippen LogP contribution in [0.25, 0.3) is 0 Å². The van der Waals surface area contributed by atoms with Crippen LogP contribution in [0, 0.1) is 5.92 Å². The molecule has 0 bridgehead atoms. The Morgan fingerprint density at radius 3 is 2.67 bits per heavy atom. The van der Waals surface area contributed by atoms with Crippen molar-refractivity contribution in [3.8, 4) is 5.75 Å². The molecule has 1 aromatic rings. The standard InChI is InChI=1S/C15H20BrNO4/c1-3-20-15(19)10-4-6-11(7-5-10)21-13-8-14(18)17(2)9-12(13)16/h8-11H,3-7H2,1-2H3/t10-,11+. The fourth-order valence-electron chi connectivity index (χ4n) is 2.53. The first kappa shape index (κ1) is 16.1. The van der Waals surface area contributed by atoms with Gasteiger partial charge < -0.3 is 14.0 Å². The van der Waals surface area contributed by atoms with Gasteiger partial charge in [-0.2, -0.15) is 0 Å². The van der Waals surface area contributed by atoms with Crippen LogP contribution in [0.2, 0.25) is 0 Å². The number of pyridine rings is 1. The summed E-state index contributed by atoms with van der Waals surface area (Å²) < 4.78 is 13.2. The van der Waals surface area contributed by atoms with Gasteiger partial charge in [-0.1, -0.05) is 0 Å². The van der Waals surface area contributed by atoms with E-state index in [9.17, 15) is 9.59 Å². The quantitative estimate of drug-likeness (QED) is 0.777. The number of aromatic nitrogens is 1. The summed E-state index contributed by atoms with van der Waals surface area (Å²) in [6, 6.07) is 1.49. The molecular formula is C15H20BrNO4. The third-order valence-corrected chi connectivity index (χ3v) is 4.33. The number of esters is 1. The van der Waals surface area contributed by atoms with Gasteiger partial charge in [0, 0.05) is 19.3 Å². The second-order valence-corrected chi connectivity index (χ2v) is 6.13. The number of carbonyl (C=O) groups excluding carboxylic acids is 1. The van der Waals surface area contributed by atoms with Gasteiger partial charge in [-0.05, 0) is 48.5 Å². The molecule has 0 atom stereocenters. The zero-order valence-corrected chi connectivity index (χ0v) is 13.9. The molecule has 1 aromatic heterocycles. The highest BCUT2D eigenvalue weighted by Crippen LogP contribution is 2.30. The fraction of sp³-hybridized carbons (Fsp3) is 0.600. The predicted octanol–water partition coefficient (Wildman–Crippen LogP) is 2.65. The van der Waals surface area contributed by atoms with Crippen LogP contribution in [0.15, 0.2) is 21.5 Å². The van der Waals surface area contributed by atoms with Gasteiger partial charge in [0.25, 0.3) is 5.56 Å². The van der Waals surface area contributed by atoms with Crippen molar-refractivity contribution in [2.45, 2.75) is 38.7 Å². The second-order valence-electron chi connectivity index (χ2n) is 5.28. The normalized spacial score (nSPS) is 21.9. The Balaban J connectivity index is 1.93. The maximum Gasteiger partial charge on any atom is 0.308 e. The Morgan fingerprint density at radius 2 is 2.05 bits per heavy atom. The van der Waals surface area contributed by atoms with Crippen molar-refractivity contribution in [2.75, 3.05) is 6.61 Å². The van der Waals surface area contributed by atoms with Crippen LogP contribution in [0.3, 0.4) is 0 Å². The Morgan fingerprint density at radius 1 is 1.38 bits per heavy atom. The second kappa shape index (κ2) is 7.11. The van der Waals surface area contributed by atoms with E-state index in [4.69, 9.17) is 9.47 Å². The largest absolute Gasteiger partial charge is 0.489 e. The molecule has 1 fully saturated rings. The van der Waals surface area contributed by atoms with Crippen molar-refractivity contribution in [3.63, 3.8) is 0 Å². The Labute approximate surface area is 132 Å². The van der Waals surface area contributed by atoms with E-state index in [0.29, 0.717) is 12.4 Å². The summed E-state index contributed by atoms with van der Waals surface area (Å²) in [6.45, 7) is 2.25. The summed E-state index contributed by atoms with van der Waals surface area (Å²) in [6.07, 6.45) is 4.87. The Hall–Kier alpha value is -1.30. The molecule has 1 aliphatic rings. The first-order valence-electron chi connectivity index (χ1n) is 7.20. The average Bonchev–Trinajstić information content (AvgIpc) is 2.46. The van der Waals surface area contributed by atoms with Gasteiger partial charge in [0.15, 0.2) is 0 Å². The van der Waals surface area contributed by atoms with Gasteiger partial charge in [-0.15, -0.1) is 0 Å². The third-order valence-electron chi connectivity index (χ3n) is 3.73.